The van der Waals surface area contributed by atoms with Crippen molar-refractivity contribution in [1.82, 2.24) is 15.6 Å². The molecule has 6 nitrogen and oxygen atoms in total. The van der Waals surface area contributed by atoms with E-state index in [1.165, 1.54) is 0 Å². The second-order valence-electron chi connectivity index (χ2n) is 5.85. The minimum Gasteiger partial charge on any atom is -0.479 e. The smallest absolute Gasteiger partial charge is 0.260 e. The van der Waals surface area contributed by atoms with Crippen LogP contribution in [0.4, 0.5) is 0 Å². The number of nitrogens with zero attached hydrogens (tertiary/aromatic N) is 1. The number of pyridine rings is 1. The molecule has 0 aliphatic carbocycles. The molecule has 0 bridgehead atoms. The van der Waals surface area contributed by atoms with Gasteiger partial charge in [0.05, 0.1) is 12.8 Å². The van der Waals surface area contributed by atoms with E-state index in [0.717, 1.165) is 25.9 Å². The molecule has 0 saturated carbocycles. The lowest BCUT2D eigenvalue weighted by molar-refractivity contribution is -0.128. The van der Waals surface area contributed by atoms with Crippen LogP contribution in [0.2, 0.25) is 0 Å². The van der Waals surface area contributed by atoms with Gasteiger partial charge in [-0.2, -0.15) is 0 Å². The van der Waals surface area contributed by atoms with Crippen LogP contribution in [-0.2, 0) is 9.53 Å². The molecule has 2 rings (SSSR count). The van der Waals surface area contributed by atoms with E-state index in [1.807, 2.05) is 0 Å². The molecule has 8 heteroatoms. The number of carbonyl (C=O) groups is 1. The number of amides is 1. The van der Waals surface area contributed by atoms with Gasteiger partial charge < -0.3 is 20.1 Å². The summed E-state index contributed by atoms with van der Waals surface area (Å²) >= 11 is 0. The van der Waals surface area contributed by atoms with Crippen LogP contribution in [0.3, 0.4) is 0 Å². The van der Waals surface area contributed by atoms with Gasteiger partial charge in [-0.05, 0) is 45.0 Å². The number of piperidine rings is 1. The van der Waals surface area contributed by atoms with Crippen molar-refractivity contribution < 1.29 is 14.3 Å². The molecule has 1 atom stereocenters. The highest BCUT2D eigenvalue weighted by atomic mass is 35.5. The van der Waals surface area contributed by atoms with Crippen molar-refractivity contribution in [1.29, 1.82) is 0 Å². The third-order valence-corrected chi connectivity index (χ3v) is 4.07. The predicted molar refractivity (Wildman–Crippen MR) is 98.2 cm³/mol. The van der Waals surface area contributed by atoms with Crippen molar-refractivity contribution in [3.63, 3.8) is 0 Å². The molecule has 0 radical (unpaired) electrons. The first-order chi connectivity index (χ1) is 10.7. The Kier molecular flexibility index (Phi) is 11.0. The first kappa shape index (κ1) is 22.9. The molecule has 2 heterocycles. The van der Waals surface area contributed by atoms with Gasteiger partial charge in [-0.25, -0.2) is 0 Å². The van der Waals surface area contributed by atoms with E-state index >= 15 is 0 Å². The van der Waals surface area contributed by atoms with Crippen LogP contribution < -0.4 is 15.4 Å². The van der Waals surface area contributed by atoms with Gasteiger partial charge in [-0.15, -0.1) is 24.8 Å². The number of methoxy groups -OCH3 is 1. The van der Waals surface area contributed by atoms with Crippen LogP contribution in [-0.4, -0.2) is 50.3 Å². The maximum absolute atomic E-state index is 12.2. The standard InChI is InChI=1S/C16H25N3O3.2ClH/c1-13(22-14-4-3-7-18-10-14)15(20)19-11-16(12-21-2)5-8-17-9-6-16;;/h3-4,7,10,13,17H,5-6,8-9,11-12H2,1-2H3,(H,19,20);2*1H. The Hall–Kier alpha value is -1.08. The molecule has 1 aliphatic rings. The fraction of sp³-hybridized carbons (Fsp3) is 0.625. The zero-order chi connectivity index (χ0) is 15.8. The molecule has 0 spiro atoms. The summed E-state index contributed by atoms with van der Waals surface area (Å²) in [6.07, 6.45) is 4.72. The van der Waals surface area contributed by atoms with Crippen LogP contribution in [0.15, 0.2) is 24.5 Å². The van der Waals surface area contributed by atoms with Crippen LogP contribution in [0.1, 0.15) is 19.8 Å². The summed E-state index contributed by atoms with van der Waals surface area (Å²) in [5, 5.41) is 6.35. The number of hydrogen-bond donors (Lipinski definition) is 2. The first-order valence-electron chi connectivity index (χ1n) is 7.69. The van der Waals surface area contributed by atoms with Crippen molar-refractivity contribution in [2.24, 2.45) is 5.41 Å². The maximum atomic E-state index is 12.2. The van der Waals surface area contributed by atoms with E-state index in [4.69, 9.17) is 9.47 Å². The minimum absolute atomic E-state index is 0. The molecule has 1 unspecified atom stereocenters. The summed E-state index contributed by atoms with van der Waals surface area (Å²) in [5.74, 6) is 0.483. The number of hydrogen-bond acceptors (Lipinski definition) is 5. The Labute approximate surface area is 155 Å². The number of rotatable bonds is 7. The average Bonchev–Trinajstić information content (AvgIpc) is 2.55. The Bertz CT molecular complexity index is 465. The highest BCUT2D eigenvalue weighted by molar-refractivity contribution is 5.85. The first-order valence-corrected chi connectivity index (χ1v) is 7.69. The number of halogens is 2. The molecule has 1 aliphatic heterocycles. The second-order valence-corrected chi connectivity index (χ2v) is 5.85. The topological polar surface area (TPSA) is 72.5 Å². The van der Waals surface area contributed by atoms with E-state index < -0.39 is 6.10 Å². The van der Waals surface area contributed by atoms with Crippen molar-refractivity contribution >= 4 is 30.7 Å². The third-order valence-electron chi connectivity index (χ3n) is 4.07. The summed E-state index contributed by atoms with van der Waals surface area (Å²) in [4.78, 5) is 16.2. The fourth-order valence-corrected chi connectivity index (χ4v) is 2.73. The molecule has 1 saturated heterocycles. The van der Waals surface area contributed by atoms with E-state index in [-0.39, 0.29) is 36.1 Å². The van der Waals surface area contributed by atoms with Crippen LogP contribution in [0, 0.1) is 5.41 Å². The zero-order valence-electron chi connectivity index (χ0n) is 14.1. The van der Waals surface area contributed by atoms with Crippen LogP contribution >= 0.6 is 24.8 Å². The van der Waals surface area contributed by atoms with Crippen molar-refractivity contribution in [3.8, 4) is 5.75 Å². The van der Waals surface area contributed by atoms with E-state index in [1.54, 1.807) is 38.6 Å². The van der Waals surface area contributed by atoms with Gasteiger partial charge >= 0.3 is 0 Å². The summed E-state index contributed by atoms with van der Waals surface area (Å²) in [6, 6.07) is 3.57. The Balaban J connectivity index is 0.00000264. The quantitative estimate of drug-likeness (QED) is 0.755. The molecule has 1 fully saturated rings. The van der Waals surface area contributed by atoms with Crippen molar-refractivity contribution in [3.05, 3.63) is 24.5 Å². The monoisotopic (exact) mass is 379 g/mol. The highest BCUT2D eigenvalue weighted by Gasteiger charge is 2.33. The van der Waals surface area contributed by atoms with Gasteiger partial charge in [0.2, 0.25) is 0 Å². The normalized spacial score (nSPS) is 16.9. The zero-order valence-corrected chi connectivity index (χ0v) is 15.8. The van der Waals surface area contributed by atoms with Crippen LogP contribution in [0.5, 0.6) is 5.75 Å². The van der Waals surface area contributed by atoms with Gasteiger partial charge in [0.25, 0.3) is 5.91 Å². The number of ether oxygens (including phenoxy) is 2. The van der Waals surface area contributed by atoms with Crippen molar-refractivity contribution in [2.75, 3.05) is 33.4 Å². The predicted octanol–water partition coefficient (Wildman–Crippen LogP) is 1.82. The summed E-state index contributed by atoms with van der Waals surface area (Å²) in [5.41, 5.74) is 0.0175. The van der Waals surface area contributed by atoms with Gasteiger partial charge in [-0.1, -0.05) is 0 Å². The average molecular weight is 380 g/mol. The molecular formula is C16H27Cl2N3O3. The molecule has 24 heavy (non-hydrogen) atoms. The van der Waals surface area contributed by atoms with E-state index in [0.29, 0.717) is 18.9 Å². The van der Waals surface area contributed by atoms with Gasteiger partial charge in [0, 0.05) is 25.3 Å². The molecule has 138 valence electrons. The lowest BCUT2D eigenvalue weighted by Crippen LogP contribution is -2.49. The Morgan fingerprint density at radius 1 is 1.42 bits per heavy atom. The second kappa shape index (κ2) is 11.5. The molecule has 2 N–H and O–H groups in total. The molecule has 1 amide bonds. The minimum atomic E-state index is -0.550. The summed E-state index contributed by atoms with van der Waals surface area (Å²) < 4.78 is 10.9. The third kappa shape index (κ3) is 6.81. The molecular weight excluding hydrogens is 353 g/mol. The van der Waals surface area contributed by atoms with Gasteiger partial charge in [0.15, 0.2) is 6.10 Å². The van der Waals surface area contributed by atoms with Crippen LogP contribution in [0.25, 0.3) is 0 Å². The largest absolute Gasteiger partial charge is 0.479 e. The lowest BCUT2D eigenvalue weighted by Gasteiger charge is -2.37. The number of aromatic nitrogens is 1. The van der Waals surface area contributed by atoms with E-state index in [2.05, 4.69) is 15.6 Å². The number of carbonyl (C=O) groups excluding carboxylic acids is 1. The van der Waals surface area contributed by atoms with Gasteiger partial charge in [-0.3, -0.25) is 9.78 Å². The van der Waals surface area contributed by atoms with Gasteiger partial charge in [0.1, 0.15) is 5.75 Å². The highest BCUT2D eigenvalue weighted by Crippen LogP contribution is 2.28. The van der Waals surface area contributed by atoms with E-state index in [9.17, 15) is 4.79 Å². The molecule has 1 aromatic rings. The summed E-state index contributed by atoms with van der Waals surface area (Å²) in [6.45, 7) is 4.94. The molecule has 0 aromatic carbocycles. The number of nitrogens with one attached hydrogen (secondary N) is 2. The van der Waals surface area contributed by atoms with Crippen molar-refractivity contribution in [2.45, 2.75) is 25.9 Å². The fourth-order valence-electron chi connectivity index (χ4n) is 2.73. The lowest BCUT2D eigenvalue weighted by atomic mass is 9.79. The maximum Gasteiger partial charge on any atom is 0.260 e. The SMILES string of the molecule is COCC1(CNC(=O)C(C)Oc2cccnc2)CCNCC1.Cl.Cl. The molecule has 1 aromatic heterocycles. The Morgan fingerprint density at radius 2 is 2.12 bits per heavy atom. The Morgan fingerprint density at radius 3 is 2.71 bits per heavy atom. The summed E-state index contributed by atoms with van der Waals surface area (Å²) in [7, 11) is 1.71.